The first-order valence-electron chi connectivity index (χ1n) is 3.36. The van der Waals surface area contributed by atoms with Crippen LogP contribution < -0.4 is 5.73 Å². The van der Waals surface area contributed by atoms with E-state index < -0.39 is 0 Å². The van der Waals surface area contributed by atoms with Gasteiger partial charge in [0.1, 0.15) is 5.01 Å². The van der Waals surface area contributed by atoms with Crippen molar-refractivity contribution < 1.29 is 0 Å². The van der Waals surface area contributed by atoms with E-state index in [0.29, 0.717) is 17.0 Å². The van der Waals surface area contributed by atoms with Crippen molar-refractivity contribution in [1.29, 1.82) is 0 Å². The Bertz CT molecular complexity index is 312. The quantitative estimate of drug-likeness (QED) is 0.628. The van der Waals surface area contributed by atoms with E-state index in [9.17, 15) is 0 Å². The number of hydrogen-bond donors (Lipinski definition) is 1. The maximum Gasteiger partial charge on any atom is 0.203 e. The van der Waals surface area contributed by atoms with Crippen LogP contribution in [0.3, 0.4) is 0 Å². The smallest absolute Gasteiger partial charge is 0.203 e. The maximum atomic E-state index is 5.42. The molecule has 1 fully saturated rings. The molecule has 1 aromatic heterocycles. The zero-order chi connectivity index (χ0) is 7.84. The number of anilines is 1. The highest BCUT2D eigenvalue weighted by atomic mass is 32.1. The van der Waals surface area contributed by atoms with Crippen molar-refractivity contribution >= 4 is 16.5 Å². The van der Waals surface area contributed by atoms with Gasteiger partial charge in [0.2, 0.25) is 5.13 Å². The lowest BCUT2D eigenvalue weighted by atomic mass is 10.3. The Balaban J connectivity index is 2.16. The number of aromatic nitrogens is 2. The van der Waals surface area contributed by atoms with Gasteiger partial charge < -0.3 is 5.73 Å². The molecule has 1 saturated carbocycles. The molecule has 4 heteroatoms. The van der Waals surface area contributed by atoms with Crippen LogP contribution in [0.5, 0.6) is 0 Å². The summed E-state index contributed by atoms with van der Waals surface area (Å²) < 4.78 is 0. The Morgan fingerprint density at radius 1 is 1.64 bits per heavy atom. The first-order chi connectivity index (χ1) is 5.31. The molecule has 2 atom stereocenters. The van der Waals surface area contributed by atoms with Crippen LogP contribution in [0.15, 0.2) is 0 Å². The minimum absolute atomic E-state index is 0.377. The van der Waals surface area contributed by atoms with Crippen molar-refractivity contribution in [1.82, 2.24) is 10.2 Å². The maximum absolute atomic E-state index is 5.42. The first-order valence-corrected chi connectivity index (χ1v) is 4.18. The van der Waals surface area contributed by atoms with Crippen LogP contribution in [0.25, 0.3) is 0 Å². The highest BCUT2D eigenvalue weighted by molar-refractivity contribution is 7.15. The Morgan fingerprint density at radius 3 is 2.91 bits per heavy atom. The molecule has 0 aliphatic heterocycles. The van der Waals surface area contributed by atoms with Gasteiger partial charge >= 0.3 is 0 Å². The minimum Gasteiger partial charge on any atom is -0.374 e. The molecule has 11 heavy (non-hydrogen) atoms. The average molecular weight is 165 g/mol. The predicted octanol–water partition coefficient (Wildman–Crippen LogP) is 0.857. The van der Waals surface area contributed by atoms with E-state index >= 15 is 0 Å². The molecule has 0 radical (unpaired) electrons. The van der Waals surface area contributed by atoms with Gasteiger partial charge in [0.15, 0.2) is 0 Å². The molecule has 3 nitrogen and oxygen atoms in total. The largest absolute Gasteiger partial charge is 0.374 e. The first kappa shape index (κ1) is 6.62. The van der Waals surface area contributed by atoms with Crippen molar-refractivity contribution in [2.24, 2.45) is 5.92 Å². The average Bonchev–Trinajstić information content (AvgIpc) is 2.68. The van der Waals surface area contributed by atoms with E-state index in [2.05, 4.69) is 16.1 Å². The van der Waals surface area contributed by atoms with Crippen molar-refractivity contribution in [3.05, 3.63) is 5.01 Å². The van der Waals surface area contributed by atoms with Crippen LogP contribution in [-0.4, -0.2) is 10.2 Å². The summed E-state index contributed by atoms with van der Waals surface area (Å²) in [5.41, 5.74) is 5.42. The topological polar surface area (TPSA) is 51.8 Å². The second-order valence-electron chi connectivity index (χ2n) is 2.59. The van der Waals surface area contributed by atoms with E-state index in [4.69, 9.17) is 12.2 Å². The van der Waals surface area contributed by atoms with Gasteiger partial charge in [-0.05, 0) is 6.42 Å². The summed E-state index contributed by atoms with van der Waals surface area (Å²) in [6.45, 7) is 0. The Morgan fingerprint density at radius 2 is 2.45 bits per heavy atom. The molecule has 56 valence electrons. The highest BCUT2D eigenvalue weighted by Gasteiger charge is 2.39. The summed E-state index contributed by atoms with van der Waals surface area (Å²) in [5, 5.41) is 9.17. The molecule has 1 aromatic rings. The van der Waals surface area contributed by atoms with E-state index in [1.807, 2.05) is 0 Å². The third-order valence-corrected chi connectivity index (χ3v) is 2.66. The van der Waals surface area contributed by atoms with Crippen molar-refractivity contribution in [2.45, 2.75) is 12.3 Å². The van der Waals surface area contributed by atoms with Gasteiger partial charge in [0.25, 0.3) is 0 Å². The zero-order valence-corrected chi connectivity index (χ0v) is 6.64. The summed E-state index contributed by atoms with van der Waals surface area (Å²) in [4.78, 5) is 0. The van der Waals surface area contributed by atoms with Crippen molar-refractivity contribution in [2.75, 3.05) is 5.73 Å². The van der Waals surface area contributed by atoms with Crippen LogP contribution in [0.4, 0.5) is 5.13 Å². The van der Waals surface area contributed by atoms with Crippen molar-refractivity contribution in [3.8, 4) is 12.3 Å². The fraction of sp³-hybridized carbons (Fsp3) is 0.429. The lowest BCUT2D eigenvalue weighted by Crippen LogP contribution is -1.81. The zero-order valence-electron chi connectivity index (χ0n) is 5.82. The third kappa shape index (κ3) is 1.08. The third-order valence-electron chi connectivity index (χ3n) is 1.78. The monoisotopic (exact) mass is 165 g/mol. The predicted molar refractivity (Wildman–Crippen MR) is 44.0 cm³/mol. The fourth-order valence-electron chi connectivity index (χ4n) is 1.05. The molecular formula is C7H7N3S. The molecule has 2 N–H and O–H groups in total. The molecular weight excluding hydrogens is 158 g/mol. The minimum atomic E-state index is 0.377. The molecule has 0 aromatic carbocycles. The Kier molecular flexibility index (Phi) is 1.33. The summed E-state index contributed by atoms with van der Waals surface area (Å²) in [6.07, 6.45) is 6.29. The second-order valence-corrected chi connectivity index (χ2v) is 3.63. The van der Waals surface area contributed by atoms with Crippen molar-refractivity contribution in [3.63, 3.8) is 0 Å². The lowest BCUT2D eigenvalue weighted by Gasteiger charge is -1.82. The van der Waals surface area contributed by atoms with Gasteiger partial charge in [-0.1, -0.05) is 11.3 Å². The van der Waals surface area contributed by atoms with Crippen LogP contribution in [0.1, 0.15) is 17.3 Å². The summed E-state index contributed by atoms with van der Waals surface area (Å²) >= 11 is 1.44. The number of terminal acetylenes is 1. The van der Waals surface area contributed by atoms with Crippen LogP contribution >= 0.6 is 11.3 Å². The highest BCUT2D eigenvalue weighted by Crippen LogP contribution is 2.47. The molecule has 0 bridgehead atoms. The molecule has 0 spiro atoms. The standard InChI is InChI=1S/C7H7N3S/c1-2-4-3-5(4)6-9-10-7(8)11-6/h1,4-5H,3H2,(H2,8,10)/t4-,5-/m0/s1. The van der Waals surface area contributed by atoms with Gasteiger partial charge in [0, 0.05) is 11.8 Å². The van der Waals surface area contributed by atoms with E-state index in [1.54, 1.807) is 0 Å². The summed E-state index contributed by atoms with van der Waals surface area (Å²) in [7, 11) is 0. The number of nitrogens with zero attached hydrogens (tertiary/aromatic N) is 2. The van der Waals surface area contributed by atoms with Gasteiger partial charge in [-0.15, -0.1) is 22.5 Å². The molecule has 1 heterocycles. The molecule has 1 aliphatic carbocycles. The lowest BCUT2D eigenvalue weighted by molar-refractivity contribution is 0.949. The van der Waals surface area contributed by atoms with Crippen LogP contribution in [0.2, 0.25) is 0 Å². The summed E-state index contributed by atoms with van der Waals surface area (Å²) in [5.74, 6) is 3.51. The second kappa shape index (κ2) is 2.21. The molecule has 0 amide bonds. The normalized spacial score (nSPS) is 27.9. The Labute approximate surface area is 68.6 Å². The van der Waals surface area contributed by atoms with Gasteiger partial charge in [0.05, 0.1) is 0 Å². The molecule has 0 saturated heterocycles. The van der Waals surface area contributed by atoms with E-state index in [-0.39, 0.29) is 0 Å². The number of rotatable bonds is 1. The number of hydrogen-bond acceptors (Lipinski definition) is 4. The number of nitrogens with two attached hydrogens (primary N) is 1. The van der Waals surface area contributed by atoms with Gasteiger partial charge in [-0.25, -0.2) is 0 Å². The fourth-order valence-corrected chi connectivity index (χ4v) is 1.84. The number of nitrogen functional groups attached to an aromatic ring is 1. The SMILES string of the molecule is C#C[C@H]1C[C@@H]1c1nnc(N)s1. The summed E-state index contributed by atoms with van der Waals surface area (Å²) in [6, 6.07) is 0. The van der Waals surface area contributed by atoms with Gasteiger partial charge in [-0.2, -0.15) is 0 Å². The van der Waals surface area contributed by atoms with E-state index in [1.165, 1.54) is 11.3 Å². The van der Waals surface area contributed by atoms with Gasteiger partial charge in [-0.3, -0.25) is 0 Å². The molecule has 1 aliphatic rings. The van der Waals surface area contributed by atoms with Crippen LogP contribution in [-0.2, 0) is 0 Å². The molecule has 2 rings (SSSR count). The van der Waals surface area contributed by atoms with E-state index in [0.717, 1.165) is 11.4 Å². The Hall–Kier alpha value is -1.08. The van der Waals surface area contributed by atoms with Crippen LogP contribution in [0, 0.1) is 18.3 Å². The molecule has 0 unspecified atom stereocenters.